The molecule has 0 saturated carbocycles. The molecule has 140 heavy (non-hydrogen) atoms. The first-order valence-electron chi connectivity index (χ1n) is 48.2. The molecule has 0 atom stereocenters. The zero-order chi connectivity index (χ0) is 93.3. The minimum absolute atomic E-state index is 0.0644. The summed E-state index contributed by atoms with van der Waals surface area (Å²) in [5.41, 5.74) is 34.0. The molecule has 0 saturated heterocycles. The summed E-state index contributed by atoms with van der Waals surface area (Å²) >= 11 is 0. The molecule has 29 rings (SSSR count). The predicted octanol–water partition coefficient (Wildman–Crippen LogP) is 35.1. The summed E-state index contributed by atoms with van der Waals surface area (Å²) in [4.78, 5) is 19.8. The van der Waals surface area contributed by atoms with Crippen molar-refractivity contribution in [3.8, 4) is 124 Å². The Morgan fingerprint density at radius 2 is 0.414 bits per heavy atom. The maximum absolute atomic E-state index is 6.21. The zero-order valence-corrected chi connectivity index (χ0v) is 78.1. The topological polar surface area (TPSA) is 87.7 Å². The van der Waals surface area contributed by atoms with Gasteiger partial charge in [0.15, 0.2) is 11.2 Å². The number of nitrogens with zero attached hydrogens (tertiary/aromatic N) is 6. The fourth-order valence-corrected chi connectivity index (χ4v) is 23.0. The Balaban J connectivity index is 0.000000106. The van der Waals surface area contributed by atoms with Crippen LogP contribution in [0.2, 0.25) is 0 Å². The molecule has 660 valence electrons. The van der Waals surface area contributed by atoms with E-state index in [4.69, 9.17) is 28.8 Å². The minimum Gasteiger partial charge on any atom is -0.436 e. The van der Waals surface area contributed by atoms with E-state index in [-0.39, 0.29) is 10.8 Å². The van der Waals surface area contributed by atoms with Gasteiger partial charge < -0.3 is 18.0 Å². The first-order chi connectivity index (χ1) is 68.7. The second-order valence-corrected chi connectivity index (χ2v) is 38.8. The van der Waals surface area contributed by atoms with Crippen molar-refractivity contribution in [1.82, 2.24) is 29.1 Å². The van der Waals surface area contributed by atoms with Crippen LogP contribution in [0.4, 0.5) is 0 Å². The number of aryl methyl sites for hydroxylation is 2. The molecule has 23 aromatic carbocycles. The van der Waals surface area contributed by atoms with Crippen LogP contribution in [-0.4, -0.2) is 29.1 Å². The molecule has 4 aromatic heterocycles. The number of para-hydroxylation sites is 8. The van der Waals surface area contributed by atoms with E-state index in [1.807, 2.05) is 66.7 Å². The maximum atomic E-state index is 6.21. The molecule has 4 heterocycles. The number of aromatic nitrogens is 6. The van der Waals surface area contributed by atoms with Crippen LogP contribution >= 0.6 is 0 Å². The summed E-state index contributed by atoms with van der Waals surface area (Å²) in [5, 5.41) is 22.9. The molecule has 2 aliphatic rings. The number of imidazole rings is 2. The normalized spacial score (nSPS) is 12.9. The van der Waals surface area contributed by atoms with Crippen LogP contribution in [0.5, 0.6) is 0 Å². The standard InChI is InChI=1S/C54H40.C40H28N4.C38H22N2O2/c1-53(2)49-19-11-9-17-44(49)46-25-22-34(31-51(46)53)37-27-36(28-38(29-37)35-23-26-47-45-18-10-12-20-50(45)54(3,4)52(47)32-35)33-21-24-43-41-15-6-5-13-39(41)40-14-7-8-16-42(40)48(43)30-33;1-43-37-17-9-7-15-35(37)41-39(43)27-21-26(22-28(23-27)40-42-36-16-8-10-18-38(36)44(40)2)25-19-20-33-31-13-4-3-11-29(31)30-12-5-6-14-32(30)34(33)24-25;1-2-11-29-27(9-1)28-10-3-4-12-30(28)32-22-23(17-18-31(29)32)24-19-25(37-39-33-13-5-7-15-35(33)41-37)21-26(20-24)38-40-34-14-6-8-16-36(34)42-38/h5-32H,1-4H3;3-24H,1-2H3;1-22H. The molecule has 0 N–H and O–H groups in total. The number of oxazole rings is 2. The van der Waals surface area contributed by atoms with Crippen LogP contribution in [0.1, 0.15) is 49.9 Å². The third kappa shape index (κ3) is 13.3. The molecule has 0 spiro atoms. The van der Waals surface area contributed by atoms with E-state index in [1.54, 1.807) is 0 Å². The minimum atomic E-state index is -0.0644. The van der Waals surface area contributed by atoms with Crippen molar-refractivity contribution in [2.45, 2.75) is 38.5 Å². The van der Waals surface area contributed by atoms with Gasteiger partial charge in [-0.15, -0.1) is 0 Å². The van der Waals surface area contributed by atoms with Gasteiger partial charge in [-0.25, -0.2) is 19.9 Å². The molecule has 2 aliphatic carbocycles. The highest BCUT2D eigenvalue weighted by Gasteiger charge is 2.38. The van der Waals surface area contributed by atoms with Gasteiger partial charge >= 0.3 is 0 Å². The molecule has 8 nitrogen and oxygen atoms in total. The van der Waals surface area contributed by atoms with Crippen molar-refractivity contribution >= 4 is 141 Å². The highest BCUT2D eigenvalue weighted by molar-refractivity contribution is 6.28. The Morgan fingerprint density at radius 3 is 0.743 bits per heavy atom. The maximum Gasteiger partial charge on any atom is 0.227 e. The third-order valence-electron chi connectivity index (χ3n) is 30.0. The Kier molecular flexibility index (Phi) is 18.7. The summed E-state index contributed by atoms with van der Waals surface area (Å²) in [6.07, 6.45) is 0. The number of rotatable bonds is 9. The lowest BCUT2D eigenvalue weighted by Gasteiger charge is -2.22. The zero-order valence-electron chi connectivity index (χ0n) is 78.1. The molecular weight excluding hydrogens is 1700 g/mol. The molecule has 0 unspecified atom stereocenters. The van der Waals surface area contributed by atoms with E-state index in [0.717, 1.165) is 94.9 Å². The molecule has 0 aliphatic heterocycles. The molecule has 0 bridgehead atoms. The van der Waals surface area contributed by atoms with E-state index in [9.17, 15) is 0 Å². The number of fused-ring (bicyclic) bond motifs is 28. The van der Waals surface area contributed by atoms with E-state index < -0.39 is 0 Å². The van der Waals surface area contributed by atoms with Crippen LogP contribution in [-0.2, 0) is 24.9 Å². The summed E-state index contributed by atoms with van der Waals surface area (Å²) in [5.74, 6) is 3.00. The summed E-state index contributed by atoms with van der Waals surface area (Å²) in [7, 11) is 4.19. The smallest absolute Gasteiger partial charge is 0.227 e. The summed E-state index contributed by atoms with van der Waals surface area (Å²) < 4.78 is 16.8. The lowest BCUT2D eigenvalue weighted by Crippen LogP contribution is -2.15. The monoisotopic (exact) mass is 1790 g/mol. The van der Waals surface area contributed by atoms with E-state index in [0.29, 0.717) is 11.8 Å². The Morgan fingerprint density at radius 1 is 0.179 bits per heavy atom. The first kappa shape index (κ1) is 81.8. The average molecular weight is 1790 g/mol. The van der Waals surface area contributed by atoms with Crippen LogP contribution < -0.4 is 0 Å². The Labute approximate surface area is 808 Å². The summed E-state index contributed by atoms with van der Waals surface area (Å²) in [6, 6.07) is 158. The fraction of sp³-hybridized carbons (Fsp3) is 0.0606. The molecule has 27 aromatic rings. The fourth-order valence-electron chi connectivity index (χ4n) is 23.0. The van der Waals surface area contributed by atoms with Crippen LogP contribution in [0.25, 0.3) is 265 Å². The van der Waals surface area contributed by atoms with Crippen molar-refractivity contribution in [2.24, 2.45) is 14.1 Å². The van der Waals surface area contributed by atoms with Crippen molar-refractivity contribution < 1.29 is 8.83 Å². The predicted molar refractivity (Wildman–Crippen MR) is 585 cm³/mol. The van der Waals surface area contributed by atoms with Gasteiger partial charge in [0.05, 0.1) is 22.1 Å². The Bertz CT molecular complexity index is 9420. The first-order valence-corrected chi connectivity index (χ1v) is 48.2. The van der Waals surface area contributed by atoms with Crippen molar-refractivity contribution in [2.75, 3.05) is 0 Å². The number of benzene rings is 23. The lowest BCUT2D eigenvalue weighted by atomic mass is 9.81. The molecule has 0 fully saturated rings. The highest BCUT2D eigenvalue weighted by atomic mass is 16.4. The van der Waals surface area contributed by atoms with Gasteiger partial charge in [-0.1, -0.05) is 331 Å². The quantitative estimate of drug-likeness (QED) is 0.134. The molecule has 0 radical (unpaired) electrons. The second-order valence-electron chi connectivity index (χ2n) is 38.8. The largest absolute Gasteiger partial charge is 0.436 e. The molecular formula is C132H90N6O2. The van der Waals surface area contributed by atoms with Gasteiger partial charge in [-0.05, 0) is 331 Å². The van der Waals surface area contributed by atoms with Crippen molar-refractivity contribution in [1.29, 1.82) is 0 Å². The summed E-state index contributed by atoms with van der Waals surface area (Å²) in [6.45, 7) is 9.49. The lowest BCUT2D eigenvalue weighted by molar-refractivity contribution is 0.617. The van der Waals surface area contributed by atoms with E-state index in [1.165, 1.54) is 180 Å². The van der Waals surface area contributed by atoms with Crippen molar-refractivity contribution in [3.63, 3.8) is 0 Å². The SMILES string of the molecule is CC1(C)c2ccccc2-c2ccc(-c3cc(-c4ccc5c(c4)C(C)(C)c4ccccc4-5)cc(-c4ccc5c6ccccc6c6ccccc6c5c4)c3)cc21.Cn1c(-c2cc(-c3ccc4c5ccccc5c5ccccc5c4c3)cc(-c3nc4ccccc4n3C)c2)nc2ccccc21.c1ccc2oc(-c3cc(-c4ccc5c6ccccc6c6ccccc6c5c4)cc(-c4nc5ccccc5o4)c3)nc2c1. The third-order valence-corrected chi connectivity index (χ3v) is 30.0. The van der Waals surface area contributed by atoms with Gasteiger partial charge in [0.1, 0.15) is 22.7 Å². The highest BCUT2D eigenvalue weighted by Crippen LogP contribution is 2.54. The Hall–Kier alpha value is -17.7. The number of hydrogen-bond donors (Lipinski definition) is 0. The van der Waals surface area contributed by atoms with Crippen LogP contribution in [0, 0.1) is 0 Å². The van der Waals surface area contributed by atoms with Gasteiger partial charge in [-0.3, -0.25) is 0 Å². The van der Waals surface area contributed by atoms with Crippen LogP contribution in [0.15, 0.2) is 446 Å². The van der Waals surface area contributed by atoms with E-state index >= 15 is 0 Å². The van der Waals surface area contributed by atoms with Gasteiger partial charge in [-0.2, -0.15) is 0 Å². The molecule has 8 heteroatoms. The van der Waals surface area contributed by atoms with Crippen LogP contribution in [0.3, 0.4) is 0 Å². The van der Waals surface area contributed by atoms with E-state index in [2.05, 4.69) is 421 Å². The van der Waals surface area contributed by atoms with Gasteiger partial charge in [0.25, 0.3) is 0 Å². The van der Waals surface area contributed by atoms with Gasteiger partial charge in [0.2, 0.25) is 11.8 Å². The average Bonchev–Trinajstić information content (AvgIpc) is 1.43. The van der Waals surface area contributed by atoms with Gasteiger partial charge in [0, 0.05) is 47.2 Å². The second kappa shape index (κ2) is 32.0. The van der Waals surface area contributed by atoms with Crippen molar-refractivity contribution in [3.05, 3.63) is 459 Å². The molecule has 0 amide bonds. The number of hydrogen-bond acceptors (Lipinski definition) is 6.